The minimum atomic E-state index is -0.0652. The van der Waals surface area contributed by atoms with Gasteiger partial charge in [-0.15, -0.1) is 21.8 Å². The molecule has 0 amide bonds. The highest BCUT2D eigenvalue weighted by Crippen LogP contribution is 2.27. The van der Waals surface area contributed by atoms with E-state index in [1.807, 2.05) is 0 Å². The molecule has 0 aromatic heterocycles. The lowest BCUT2D eigenvalue weighted by molar-refractivity contribution is 0.843. The van der Waals surface area contributed by atoms with Crippen LogP contribution in [0.3, 0.4) is 0 Å². The van der Waals surface area contributed by atoms with E-state index in [9.17, 15) is 0 Å². The summed E-state index contributed by atoms with van der Waals surface area (Å²) >= 11 is 2.66. The Balaban J connectivity index is 3.58. The molecule has 0 nitrogen and oxygen atoms in total. The van der Waals surface area contributed by atoms with Gasteiger partial charge in [0.1, 0.15) is 6.29 Å². The SMILES string of the molecule is CCC(C)[Si](I)C(C)C. The molecular formula is C7H16ISi. The van der Waals surface area contributed by atoms with Crippen LogP contribution in [0.2, 0.25) is 11.1 Å². The van der Waals surface area contributed by atoms with Gasteiger partial charge in [-0.25, -0.2) is 0 Å². The van der Waals surface area contributed by atoms with Crippen molar-refractivity contribution < 1.29 is 0 Å². The third-order valence-electron chi connectivity index (χ3n) is 1.63. The molecule has 1 atom stereocenters. The zero-order valence-corrected chi connectivity index (χ0v) is 9.90. The van der Waals surface area contributed by atoms with Gasteiger partial charge in [0.2, 0.25) is 0 Å². The van der Waals surface area contributed by atoms with Crippen molar-refractivity contribution in [2.45, 2.75) is 45.2 Å². The first kappa shape index (κ1) is 9.95. The molecule has 0 aromatic rings. The number of halogens is 1. The van der Waals surface area contributed by atoms with Crippen LogP contribution in [0, 0.1) is 0 Å². The van der Waals surface area contributed by atoms with Gasteiger partial charge in [0.05, 0.1) is 0 Å². The summed E-state index contributed by atoms with van der Waals surface area (Å²) in [6, 6.07) is 0. The second-order valence-electron chi connectivity index (χ2n) is 2.85. The van der Waals surface area contributed by atoms with Crippen LogP contribution < -0.4 is 0 Å². The summed E-state index contributed by atoms with van der Waals surface area (Å²) < 4.78 is 0. The summed E-state index contributed by atoms with van der Waals surface area (Å²) in [7, 11) is 0. The maximum absolute atomic E-state index is 2.66. The second-order valence-corrected chi connectivity index (χ2v) is 9.50. The van der Waals surface area contributed by atoms with E-state index in [0.29, 0.717) is 0 Å². The lowest BCUT2D eigenvalue weighted by Crippen LogP contribution is -2.13. The minimum Gasteiger partial charge on any atom is -0.121 e. The Hall–Kier alpha value is 0.947. The van der Waals surface area contributed by atoms with E-state index in [1.54, 1.807) is 0 Å². The van der Waals surface area contributed by atoms with Crippen LogP contribution in [0.1, 0.15) is 34.1 Å². The van der Waals surface area contributed by atoms with Crippen molar-refractivity contribution in [3.8, 4) is 0 Å². The highest BCUT2D eigenvalue weighted by molar-refractivity contribution is 14.1. The highest BCUT2D eigenvalue weighted by Gasteiger charge is 2.17. The summed E-state index contributed by atoms with van der Waals surface area (Å²) in [6.07, 6.45) is 1.29. The van der Waals surface area contributed by atoms with Crippen LogP contribution in [-0.2, 0) is 0 Å². The van der Waals surface area contributed by atoms with Gasteiger partial charge in [-0.1, -0.05) is 34.1 Å². The van der Waals surface area contributed by atoms with Crippen LogP contribution >= 0.6 is 21.8 Å². The summed E-state index contributed by atoms with van der Waals surface area (Å²) in [4.78, 5) is 0. The quantitative estimate of drug-likeness (QED) is 0.410. The van der Waals surface area contributed by atoms with E-state index in [1.165, 1.54) is 6.42 Å². The van der Waals surface area contributed by atoms with Crippen molar-refractivity contribution in [2.75, 3.05) is 0 Å². The molecule has 9 heavy (non-hydrogen) atoms. The first-order valence-corrected chi connectivity index (χ1v) is 8.38. The van der Waals surface area contributed by atoms with Gasteiger partial charge in [0.15, 0.2) is 0 Å². The number of hydrogen-bond acceptors (Lipinski definition) is 0. The van der Waals surface area contributed by atoms with E-state index >= 15 is 0 Å². The zero-order valence-electron chi connectivity index (χ0n) is 6.74. The Labute approximate surface area is 73.2 Å². The van der Waals surface area contributed by atoms with Crippen LogP contribution in [0.15, 0.2) is 0 Å². The van der Waals surface area contributed by atoms with Gasteiger partial charge >= 0.3 is 0 Å². The molecule has 0 fully saturated rings. The smallest absolute Gasteiger partial charge is 0.121 e. The highest BCUT2D eigenvalue weighted by atomic mass is 127. The fourth-order valence-corrected chi connectivity index (χ4v) is 3.61. The average Bonchev–Trinajstić information content (AvgIpc) is 1.84. The van der Waals surface area contributed by atoms with Crippen molar-refractivity contribution in [2.24, 2.45) is 0 Å². The van der Waals surface area contributed by atoms with Gasteiger partial charge in [0, 0.05) is 0 Å². The van der Waals surface area contributed by atoms with Crippen molar-refractivity contribution >= 4 is 28.1 Å². The first-order valence-electron chi connectivity index (χ1n) is 3.61. The molecule has 2 heteroatoms. The van der Waals surface area contributed by atoms with Gasteiger partial charge in [-0.2, -0.15) is 0 Å². The summed E-state index contributed by atoms with van der Waals surface area (Å²) in [6.45, 7) is 9.34. The summed E-state index contributed by atoms with van der Waals surface area (Å²) in [5, 5.41) is 0. The largest absolute Gasteiger partial charge is 0.135 e. The minimum absolute atomic E-state index is 0.0652. The molecule has 0 aliphatic carbocycles. The average molecular weight is 255 g/mol. The Morgan fingerprint density at radius 3 is 1.89 bits per heavy atom. The molecule has 0 rings (SSSR count). The summed E-state index contributed by atoms with van der Waals surface area (Å²) in [5.41, 5.74) is 1.92. The Kier molecular flexibility index (Phi) is 5.21. The van der Waals surface area contributed by atoms with Gasteiger partial charge in [-0.05, 0) is 11.1 Å². The maximum Gasteiger partial charge on any atom is 0.135 e. The van der Waals surface area contributed by atoms with Crippen molar-refractivity contribution in [1.82, 2.24) is 0 Å². The van der Waals surface area contributed by atoms with Crippen LogP contribution in [0.5, 0.6) is 0 Å². The topological polar surface area (TPSA) is 0 Å². The number of rotatable bonds is 3. The molecule has 0 heterocycles. The Morgan fingerprint density at radius 1 is 1.33 bits per heavy atom. The molecule has 0 aromatic carbocycles. The maximum atomic E-state index is 2.66. The lowest BCUT2D eigenvalue weighted by Gasteiger charge is -2.17. The Bertz CT molecular complexity index is 73.3. The van der Waals surface area contributed by atoms with E-state index in [-0.39, 0.29) is 6.29 Å². The van der Waals surface area contributed by atoms with Gasteiger partial charge < -0.3 is 0 Å². The lowest BCUT2D eigenvalue weighted by atomic mass is 10.4. The van der Waals surface area contributed by atoms with Crippen LogP contribution in [0.25, 0.3) is 0 Å². The molecule has 0 saturated heterocycles. The first-order chi connectivity index (χ1) is 4.09. The molecule has 0 N–H and O–H groups in total. The van der Waals surface area contributed by atoms with Gasteiger partial charge in [0.25, 0.3) is 0 Å². The molecule has 1 unspecified atom stereocenters. The predicted octanol–water partition coefficient (Wildman–Crippen LogP) is 3.62. The van der Waals surface area contributed by atoms with E-state index in [4.69, 9.17) is 0 Å². The Morgan fingerprint density at radius 2 is 1.78 bits per heavy atom. The molecule has 0 bridgehead atoms. The van der Waals surface area contributed by atoms with Crippen LogP contribution in [0.4, 0.5) is 0 Å². The van der Waals surface area contributed by atoms with E-state index in [0.717, 1.165) is 11.1 Å². The van der Waals surface area contributed by atoms with Crippen molar-refractivity contribution in [3.05, 3.63) is 0 Å². The summed E-state index contributed by atoms with van der Waals surface area (Å²) in [5.74, 6) is 0. The third-order valence-corrected chi connectivity index (χ3v) is 11.0. The normalized spacial score (nSPS) is 15.0. The molecular weight excluding hydrogens is 239 g/mol. The molecule has 0 aliphatic heterocycles. The third kappa shape index (κ3) is 3.60. The fourth-order valence-electron chi connectivity index (χ4n) is 0.764. The standard InChI is InChI=1S/C7H16ISi/c1-5-7(4)9(8)6(2)3/h6-7H,5H2,1-4H3. The van der Waals surface area contributed by atoms with Crippen LogP contribution in [-0.4, -0.2) is 6.29 Å². The van der Waals surface area contributed by atoms with E-state index < -0.39 is 0 Å². The second kappa shape index (κ2) is 4.72. The molecule has 0 aliphatic rings. The molecule has 0 spiro atoms. The molecule has 0 saturated carbocycles. The number of hydrogen-bond donors (Lipinski definition) is 0. The van der Waals surface area contributed by atoms with Gasteiger partial charge in [-0.3, -0.25) is 0 Å². The predicted molar refractivity (Wildman–Crippen MR) is 54.6 cm³/mol. The zero-order chi connectivity index (χ0) is 7.44. The molecule has 55 valence electrons. The fraction of sp³-hybridized carbons (Fsp3) is 1.00. The molecule has 1 radical (unpaired) electrons. The van der Waals surface area contributed by atoms with Crippen molar-refractivity contribution in [1.29, 1.82) is 0 Å². The monoisotopic (exact) mass is 255 g/mol. The van der Waals surface area contributed by atoms with E-state index in [2.05, 4.69) is 49.5 Å². The van der Waals surface area contributed by atoms with Crippen molar-refractivity contribution in [3.63, 3.8) is 0 Å².